The highest BCUT2D eigenvalue weighted by molar-refractivity contribution is 5.91. The molecule has 0 bridgehead atoms. The molecule has 0 saturated heterocycles. The lowest BCUT2D eigenvalue weighted by atomic mass is 10.2. The van der Waals surface area contributed by atoms with Crippen molar-refractivity contribution in [2.45, 2.75) is 6.54 Å². The van der Waals surface area contributed by atoms with Crippen LogP contribution >= 0.6 is 0 Å². The van der Waals surface area contributed by atoms with Gasteiger partial charge in [-0.1, -0.05) is 36.4 Å². The van der Waals surface area contributed by atoms with Crippen molar-refractivity contribution in [2.24, 2.45) is 0 Å². The monoisotopic (exact) mass is 281 g/mol. The van der Waals surface area contributed by atoms with Gasteiger partial charge in [-0.05, 0) is 29.3 Å². The molecule has 1 heterocycles. The zero-order valence-corrected chi connectivity index (χ0v) is 11.4. The largest absolute Gasteiger partial charge is 0.454 e. The first-order valence-electron chi connectivity index (χ1n) is 6.71. The molecule has 0 aromatic heterocycles. The lowest BCUT2D eigenvalue weighted by Crippen LogP contribution is -2.20. The van der Waals surface area contributed by atoms with Gasteiger partial charge in [0.1, 0.15) is 0 Å². The molecule has 0 atom stereocenters. The molecule has 0 fully saturated rings. The average molecular weight is 281 g/mol. The van der Waals surface area contributed by atoms with Crippen molar-refractivity contribution < 1.29 is 14.3 Å². The summed E-state index contributed by atoms with van der Waals surface area (Å²) in [5.74, 6) is 1.32. The third kappa shape index (κ3) is 3.42. The Bertz CT molecular complexity index is 665. The number of fused-ring (bicyclic) bond motifs is 1. The van der Waals surface area contributed by atoms with Crippen LogP contribution in [0.3, 0.4) is 0 Å². The van der Waals surface area contributed by atoms with E-state index >= 15 is 0 Å². The molecule has 3 rings (SSSR count). The van der Waals surface area contributed by atoms with Gasteiger partial charge in [-0.2, -0.15) is 0 Å². The van der Waals surface area contributed by atoms with Crippen LogP contribution in [0.2, 0.25) is 0 Å². The molecule has 4 nitrogen and oxygen atoms in total. The van der Waals surface area contributed by atoms with Crippen LogP contribution in [0.25, 0.3) is 6.08 Å². The van der Waals surface area contributed by atoms with Crippen LogP contribution in [0.1, 0.15) is 11.1 Å². The minimum absolute atomic E-state index is 0.128. The van der Waals surface area contributed by atoms with Gasteiger partial charge in [0.25, 0.3) is 0 Å². The third-order valence-corrected chi connectivity index (χ3v) is 3.13. The highest BCUT2D eigenvalue weighted by Gasteiger charge is 2.12. The van der Waals surface area contributed by atoms with E-state index in [0.29, 0.717) is 12.3 Å². The summed E-state index contributed by atoms with van der Waals surface area (Å²) in [6.45, 7) is 0.769. The van der Waals surface area contributed by atoms with Gasteiger partial charge in [-0.15, -0.1) is 0 Å². The first-order valence-corrected chi connectivity index (χ1v) is 6.71. The van der Waals surface area contributed by atoms with Gasteiger partial charge >= 0.3 is 0 Å². The van der Waals surface area contributed by atoms with Crippen LogP contribution in [0.15, 0.2) is 54.6 Å². The van der Waals surface area contributed by atoms with Crippen LogP contribution in [-0.4, -0.2) is 12.7 Å². The molecular weight excluding hydrogens is 266 g/mol. The van der Waals surface area contributed by atoms with Crippen LogP contribution < -0.4 is 14.8 Å². The van der Waals surface area contributed by atoms with E-state index in [1.165, 1.54) is 6.08 Å². The number of rotatable bonds is 4. The van der Waals surface area contributed by atoms with E-state index in [1.54, 1.807) is 6.08 Å². The molecule has 1 aliphatic heterocycles. The summed E-state index contributed by atoms with van der Waals surface area (Å²) < 4.78 is 10.5. The maximum Gasteiger partial charge on any atom is 0.244 e. The second-order valence-electron chi connectivity index (χ2n) is 4.65. The Kier molecular flexibility index (Phi) is 3.87. The number of hydrogen-bond acceptors (Lipinski definition) is 3. The van der Waals surface area contributed by atoms with Crippen molar-refractivity contribution in [3.8, 4) is 11.5 Å². The van der Waals surface area contributed by atoms with Crippen LogP contribution in [-0.2, 0) is 11.3 Å². The van der Waals surface area contributed by atoms with Gasteiger partial charge in [-0.3, -0.25) is 4.79 Å². The van der Waals surface area contributed by atoms with Crippen molar-refractivity contribution in [1.82, 2.24) is 5.32 Å². The predicted molar refractivity (Wildman–Crippen MR) is 79.9 cm³/mol. The van der Waals surface area contributed by atoms with Crippen LogP contribution in [0.5, 0.6) is 11.5 Å². The molecule has 21 heavy (non-hydrogen) atoms. The quantitative estimate of drug-likeness (QED) is 0.877. The fourth-order valence-electron chi connectivity index (χ4n) is 2.03. The molecule has 1 aliphatic rings. The number of benzene rings is 2. The lowest BCUT2D eigenvalue weighted by Gasteiger charge is -2.02. The second-order valence-corrected chi connectivity index (χ2v) is 4.65. The Morgan fingerprint density at radius 1 is 1.10 bits per heavy atom. The number of carbonyl (C=O) groups excluding carboxylic acids is 1. The van der Waals surface area contributed by atoms with Gasteiger partial charge < -0.3 is 14.8 Å². The predicted octanol–water partition coefficient (Wildman–Crippen LogP) is 2.74. The molecule has 106 valence electrons. The Morgan fingerprint density at radius 2 is 1.90 bits per heavy atom. The fraction of sp³-hybridized carbons (Fsp3) is 0.118. The topological polar surface area (TPSA) is 47.6 Å². The molecule has 0 spiro atoms. The molecular formula is C17H15NO3. The molecule has 1 amide bonds. The third-order valence-electron chi connectivity index (χ3n) is 3.13. The van der Waals surface area contributed by atoms with E-state index in [-0.39, 0.29) is 12.7 Å². The number of hydrogen-bond donors (Lipinski definition) is 1. The van der Waals surface area contributed by atoms with Gasteiger partial charge in [0.2, 0.25) is 12.7 Å². The molecule has 2 aromatic rings. The van der Waals surface area contributed by atoms with Crippen LogP contribution in [0, 0.1) is 0 Å². The first-order chi connectivity index (χ1) is 10.3. The maximum absolute atomic E-state index is 11.8. The summed E-state index contributed by atoms with van der Waals surface area (Å²) in [5, 5.41) is 2.84. The maximum atomic E-state index is 11.8. The Balaban J connectivity index is 1.57. The number of carbonyl (C=O) groups is 1. The molecule has 0 saturated carbocycles. The molecule has 0 radical (unpaired) electrons. The van der Waals surface area contributed by atoms with E-state index in [2.05, 4.69) is 5.32 Å². The van der Waals surface area contributed by atoms with Gasteiger partial charge in [0, 0.05) is 12.6 Å². The number of amides is 1. The number of nitrogens with one attached hydrogen (secondary N) is 1. The molecule has 0 unspecified atom stereocenters. The summed E-state index contributed by atoms with van der Waals surface area (Å²) in [4.78, 5) is 11.8. The summed E-state index contributed by atoms with van der Waals surface area (Å²) in [5.41, 5.74) is 1.97. The number of ether oxygens (including phenoxy) is 2. The zero-order valence-electron chi connectivity index (χ0n) is 11.4. The van der Waals surface area contributed by atoms with Crippen LogP contribution in [0.4, 0.5) is 0 Å². The highest BCUT2D eigenvalue weighted by Crippen LogP contribution is 2.32. The summed E-state index contributed by atoms with van der Waals surface area (Å²) in [7, 11) is 0. The lowest BCUT2D eigenvalue weighted by molar-refractivity contribution is -0.116. The average Bonchev–Trinajstić information content (AvgIpc) is 2.99. The normalized spacial score (nSPS) is 12.6. The second kappa shape index (κ2) is 6.13. The van der Waals surface area contributed by atoms with E-state index < -0.39 is 0 Å². The first kappa shape index (κ1) is 13.2. The van der Waals surface area contributed by atoms with E-state index in [4.69, 9.17) is 9.47 Å². The fourth-order valence-corrected chi connectivity index (χ4v) is 2.03. The van der Waals surface area contributed by atoms with E-state index in [9.17, 15) is 4.79 Å². The van der Waals surface area contributed by atoms with Crippen molar-refractivity contribution in [3.05, 3.63) is 65.7 Å². The molecule has 0 aliphatic carbocycles. The SMILES string of the molecule is O=C(/C=C/c1ccc2c(c1)OCO2)NCc1ccccc1. The molecule has 1 N–H and O–H groups in total. The summed E-state index contributed by atoms with van der Waals surface area (Å²) >= 11 is 0. The summed E-state index contributed by atoms with van der Waals surface area (Å²) in [6, 6.07) is 15.4. The van der Waals surface area contributed by atoms with Gasteiger partial charge in [0.15, 0.2) is 11.5 Å². The Labute approximate surface area is 123 Å². The summed E-state index contributed by atoms with van der Waals surface area (Å²) in [6.07, 6.45) is 3.27. The Hall–Kier alpha value is -2.75. The van der Waals surface area contributed by atoms with Crippen molar-refractivity contribution >= 4 is 12.0 Å². The molecule has 2 aromatic carbocycles. The van der Waals surface area contributed by atoms with E-state index in [1.807, 2.05) is 48.5 Å². The highest BCUT2D eigenvalue weighted by atomic mass is 16.7. The van der Waals surface area contributed by atoms with Gasteiger partial charge in [-0.25, -0.2) is 0 Å². The minimum Gasteiger partial charge on any atom is -0.454 e. The standard InChI is InChI=1S/C17H15NO3/c19-17(18-11-14-4-2-1-3-5-14)9-7-13-6-8-15-16(10-13)21-12-20-15/h1-10H,11-12H2,(H,18,19)/b9-7+. The zero-order chi connectivity index (χ0) is 14.5. The smallest absolute Gasteiger partial charge is 0.244 e. The molecule has 4 heteroatoms. The Morgan fingerprint density at radius 3 is 2.76 bits per heavy atom. The van der Waals surface area contributed by atoms with E-state index in [0.717, 1.165) is 16.9 Å². The van der Waals surface area contributed by atoms with Crippen molar-refractivity contribution in [3.63, 3.8) is 0 Å². The van der Waals surface area contributed by atoms with Crippen molar-refractivity contribution in [2.75, 3.05) is 6.79 Å². The van der Waals surface area contributed by atoms with Gasteiger partial charge in [0.05, 0.1) is 0 Å². The van der Waals surface area contributed by atoms with Crippen molar-refractivity contribution in [1.29, 1.82) is 0 Å². The minimum atomic E-state index is -0.128.